The zero-order chi connectivity index (χ0) is 53.2. The van der Waals surface area contributed by atoms with Crippen LogP contribution in [0.5, 0.6) is 0 Å². The topological polar surface area (TPSA) is 22.9 Å². The average molecular weight is 996 g/mol. The maximum absolute atomic E-state index is 7.26. The molecule has 0 spiro atoms. The second-order valence-electron chi connectivity index (χ2n) is 26.9. The molecule has 0 saturated carbocycles. The third-order valence-electron chi connectivity index (χ3n) is 18.8. The largest absolute Gasteiger partial charge is 0.454 e. The van der Waals surface area contributed by atoms with E-state index in [1.807, 2.05) is 0 Å². The number of nitrogens with zero attached hydrogens (tertiary/aromatic N) is 3. The quantitative estimate of drug-likeness (QED) is 0.160. The van der Waals surface area contributed by atoms with Crippen LogP contribution in [-0.4, -0.2) is 6.71 Å². The Morgan fingerprint density at radius 1 is 0.487 bits per heavy atom. The minimum Gasteiger partial charge on any atom is -0.454 e. The Labute approximate surface area is 452 Å². The van der Waals surface area contributed by atoms with Crippen LogP contribution < -0.4 is 31.1 Å². The van der Waals surface area contributed by atoms with Gasteiger partial charge >= 0.3 is 0 Å². The highest BCUT2D eigenvalue weighted by atomic mass is 16.3. The first-order valence-electron chi connectivity index (χ1n) is 28.1. The van der Waals surface area contributed by atoms with E-state index in [0.717, 1.165) is 47.2 Å². The molecule has 1 aromatic heterocycles. The van der Waals surface area contributed by atoms with Gasteiger partial charge in [-0.25, -0.2) is 0 Å². The van der Waals surface area contributed by atoms with Crippen molar-refractivity contribution in [3.8, 4) is 0 Å². The highest BCUT2D eigenvalue weighted by Gasteiger charge is 2.48. The average Bonchev–Trinajstić information content (AvgIpc) is 3.78. The molecule has 0 bridgehead atoms. The number of para-hydroxylation sites is 3. The van der Waals surface area contributed by atoms with Gasteiger partial charge in [0.2, 0.25) is 0 Å². The van der Waals surface area contributed by atoms with Crippen molar-refractivity contribution in [1.29, 1.82) is 0 Å². The van der Waals surface area contributed by atoms with Gasteiger partial charge in [0.25, 0.3) is 6.71 Å². The molecule has 0 unspecified atom stereocenters. The van der Waals surface area contributed by atoms with E-state index in [4.69, 9.17) is 4.42 Å². The number of benzene rings is 8. The first-order valence-corrected chi connectivity index (χ1v) is 28.1. The van der Waals surface area contributed by atoms with E-state index in [1.165, 1.54) is 113 Å². The highest BCUT2D eigenvalue weighted by Crippen LogP contribution is 2.54. The van der Waals surface area contributed by atoms with Gasteiger partial charge in [0.1, 0.15) is 5.58 Å². The molecule has 3 heterocycles. The van der Waals surface area contributed by atoms with Crippen molar-refractivity contribution < 1.29 is 4.42 Å². The zero-order valence-electron chi connectivity index (χ0n) is 47.5. The summed E-state index contributed by atoms with van der Waals surface area (Å²) >= 11 is 0. The van der Waals surface area contributed by atoms with E-state index in [2.05, 4.69) is 257 Å². The van der Waals surface area contributed by atoms with E-state index in [-0.39, 0.29) is 33.8 Å². The van der Waals surface area contributed by atoms with Gasteiger partial charge in [-0.1, -0.05) is 155 Å². The van der Waals surface area contributed by atoms with Crippen LogP contribution in [0.15, 0.2) is 150 Å². The van der Waals surface area contributed by atoms with Crippen LogP contribution in [-0.2, 0) is 27.1 Å². The van der Waals surface area contributed by atoms with Crippen LogP contribution >= 0.6 is 0 Å². The normalized spacial score (nSPS) is 17.5. The van der Waals surface area contributed by atoms with E-state index in [9.17, 15) is 0 Å². The smallest absolute Gasteiger partial charge is 0.252 e. The summed E-state index contributed by atoms with van der Waals surface area (Å²) in [6.07, 6.45) is 4.65. The molecular formula is C71H74BN3O. The number of aryl methyl sites for hydroxylation is 3. The number of hydrogen-bond donors (Lipinski definition) is 0. The summed E-state index contributed by atoms with van der Waals surface area (Å²) in [5.74, 6) is 0. The lowest BCUT2D eigenvalue weighted by molar-refractivity contribution is 0.332. The van der Waals surface area contributed by atoms with E-state index >= 15 is 0 Å². The fourth-order valence-electron chi connectivity index (χ4n) is 14.2. The van der Waals surface area contributed by atoms with Crippen molar-refractivity contribution in [1.82, 2.24) is 0 Å². The number of furan rings is 1. The third kappa shape index (κ3) is 7.23. The Morgan fingerprint density at radius 3 is 1.67 bits per heavy atom. The Balaban J connectivity index is 1.16. The van der Waals surface area contributed by atoms with Crippen LogP contribution in [0.3, 0.4) is 0 Å². The maximum atomic E-state index is 7.26. The summed E-state index contributed by atoms with van der Waals surface area (Å²) in [4.78, 5) is 7.76. The van der Waals surface area contributed by atoms with Gasteiger partial charge in [0.05, 0.1) is 5.69 Å². The minimum atomic E-state index is -0.129. The number of anilines is 9. The van der Waals surface area contributed by atoms with Crippen molar-refractivity contribution in [2.75, 3.05) is 14.7 Å². The SMILES string of the molecule is Cc1cc2c3c(c1)N(c1ccc(C(C)(C)C)c4c1oc1ccccc14)c1cc(N(c4ccccc4C)c4ccccc4C)ccc1B3c1cc3c(cc1N2c1ccc2c(c1)C(C)(C)CCC2(C)C)C(C)(C)CCC3(C)C. The molecular weight excluding hydrogens is 922 g/mol. The van der Waals surface area contributed by atoms with Crippen molar-refractivity contribution in [3.05, 3.63) is 190 Å². The Kier molecular flexibility index (Phi) is 10.6. The second kappa shape index (κ2) is 16.5. The monoisotopic (exact) mass is 996 g/mol. The molecule has 4 nitrogen and oxygen atoms in total. The summed E-state index contributed by atoms with van der Waals surface area (Å²) in [7, 11) is 0. The molecule has 2 aliphatic carbocycles. The molecule has 2 aliphatic heterocycles. The molecule has 8 aromatic carbocycles. The molecule has 0 fully saturated rings. The maximum Gasteiger partial charge on any atom is 0.252 e. The van der Waals surface area contributed by atoms with Crippen molar-refractivity contribution >= 4 is 96.2 Å². The first kappa shape index (κ1) is 48.7. The molecule has 0 N–H and O–H groups in total. The Hall–Kier alpha value is -6.98. The molecule has 0 amide bonds. The Bertz CT molecular complexity index is 3850. The molecule has 0 atom stereocenters. The minimum absolute atomic E-state index is 0.0131. The predicted molar refractivity (Wildman–Crippen MR) is 326 cm³/mol. The van der Waals surface area contributed by atoms with E-state index in [1.54, 1.807) is 0 Å². The van der Waals surface area contributed by atoms with Gasteiger partial charge in [-0.3, -0.25) is 0 Å². The van der Waals surface area contributed by atoms with Gasteiger partial charge in [-0.2, -0.15) is 0 Å². The van der Waals surface area contributed by atoms with Crippen molar-refractivity contribution in [2.45, 2.75) is 150 Å². The van der Waals surface area contributed by atoms with Gasteiger partial charge in [0.15, 0.2) is 5.58 Å². The van der Waals surface area contributed by atoms with Gasteiger partial charge in [0, 0.05) is 56.3 Å². The molecule has 9 aromatic rings. The molecule has 5 heteroatoms. The summed E-state index contributed by atoms with van der Waals surface area (Å²) in [6, 6.07) is 56.2. The van der Waals surface area contributed by atoms with Crippen LogP contribution in [0.2, 0.25) is 0 Å². The lowest BCUT2D eigenvalue weighted by atomic mass is 9.33. The predicted octanol–water partition coefficient (Wildman–Crippen LogP) is 18.1. The van der Waals surface area contributed by atoms with Crippen molar-refractivity contribution in [2.24, 2.45) is 0 Å². The molecule has 13 rings (SSSR count). The molecule has 4 aliphatic rings. The van der Waals surface area contributed by atoms with Crippen LogP contribution in [0.1, 0.15) is 146 Å². The summed E-state index contributed by atoms with van der Waals surface area (Å²) in [6.45, 7) is 33.5. The Morgan fingerprint density at radius 2 is 1.04 bits per heavy atom. The van der Waals surface area contributed by atoms with Gasteiger partial charge in [-0.15, -0.1) is 0 Å². The van der Waals surface area contributed by atoms with Crippen LogP contribution in [0, 0.1) is 20.8 Å². The fourth-order valence-corrected chi connectivity index (χ4v) is 14.2. The molecule has 0 radical (unpaired) electrons. The van der Waals surface area contributed by atoms with Crippen LogP contribution in [0.4, 0.5) is 51.2 Å². The van der Waals surface area contributed by atoms with E-state index < -0.39 is 0 Å². The number of hydrogen-bond acceptors (Lipinski definition) is 4. The van der Waals surface area contributed by atoms with Crippen LogP contribution in [0.25, 0.3) is 21.9 Å². The van der Waals surface area contributed by atoms with Gasteiger partial charge < -0.3 is 19.1 Å². The number of fused-ring (bicyclic) bond motifs is 9. The lowest BCUT2D eigenvalue weighted by Crippen LogP contribution is -2.62. The standard InChI is InChI=1S/C71H74BN3O/c1-43-37-61-65-62(38-43)75(58-32-30-50(67(4,5)6)64-48-23-17-20-26-63(48)76-66(58)64)59-40-47(73(56-24-18-15-21-44(56)2)57-25-19-16-22-45(57)3)28-31-54(59)72(65)55-41-52-53(71(13,14)36-35-70(52,11)12)42-60(55)74(61)46-27-29-49-51(39-46)69(9,10)34-33-68(49,7)8/h15-32,37-42H,33-36H2,1-14H3. The van der Waals surface area contributed by atoms with Gasteiger partial charge in [-0.05, 0) is 201 Å². The first-order chi connectivity index (χ1) is 36.0. The second-order valence-corrected chi connectivity index (χ2v) is 26.9. The van der Waals surface area contributed by atoms with E-state index in [0.29, 0.717) is 0 Å². The summed E-state index contributed by atoms with van der Waals surface area (Å²) in [5, 5.41) is 2.34. The fraction of sp³-hybridized carbons (Fsp3) is 0.324. The number of rotatable bonds is 5. The summed E-state index contributed by atoms with van der Waals surface area (Å²) in [5.41, 5.74) is 27.4. The van der Waals surface area contributed by atoms with Crippen molar-refractivity contribution in [3.63, 3.8) is 0 Å². The molecule has 76 heavy (non-hydrogen) atoms. The third-order valence-corrected chi connectivity index (χ3v) is 18.8. The lowest BCUT2D eigenvalue weighted by Gasteiger charge is -2.48. The molecule has 382 valence electrons. The zero-order valence-corrected chi connectivity index (χ0v) is 47.5. The summed E-state index contributed by atoms with van der Waals surface area (Å²) < 4.78 is 7.26. The highest BCUT2D eigenvalue weighted by molar-refractivity contribution is 7.00. The molecule has 0 saturated heterocycles.